The minimum atomic E-state index is -0.166. The highest BCUT2D eigenvalue weighted by atomic mass is 16.5. The van der Waals surface area contributed by atoms with Gasteiger partial charge < -0.3 is 25.8 Å². The summed E-state index contributed by atoms with van der Waals surface area (Å²) in [4.78, 5) is 24.1. The lowest BCUT2D eigenvalue weighted by Crippen LogP contribution is -2.30. The predicted octanol–water partition coefficient (Wildman–Crippen LogP) is 6.18. The smallest absolute Gasteiger partial charge is 0.256 e. The van der Waals surface area contributed by atoms with Crippen molar-refractivity contribution in [3.05, 3.63) is 101 Å². The van der Waals surface area contributed by atoms with Crippen LogP contribution in [0.25, 0.3) is 33.7 Å². The highest BCUT2D eigenvalue weighted by molar-refractivity contribution is 6.35. The number of nitrogens with two attached hydrogens (primary N) is 1. The second-order valence-electron chi connectivity index (χ2n) is 10.4. The number of para-hydroxylation sites is 1. The monoisotopic (exact) mass is 531 g/mol. The molecule has 0 saturated carbocycles. The third-order valence-electron chi connectivity index (χ3n) is 7.74. The zero-order valence-corrected chi connectivity index (χ0v) is 23.0. The van der Waals surface area contributed by atoms with Crippen LogP contribution < -0.4 is 15.8 Å². The number of rotatable bonds is 8. The number of H-pyrrole nitrogens is 2. The molecule has 1 amide bonds. The number of carbonyl (C=O) groups excluding carboxylic acids is 1. The van der Waals surface area contributed by atoms with Gasteiger partial charge in [0, 0.05) is 57.5 Å². The van der Waals surface area contributed by atoms with Crippen LogP contribution in [0.2, 0.25) is 0 Å². The van der Waals surface area contributed by atoms with Gasteiger partial charge in [-0.1, -0.05) is 31.2 Å². The lowest BCUT2D eigenvalue weighted by Gasteiger charge is -2.13. The van der Waals surface area contributed by atoms with Crippen molar-refractivity contribution >= 4 is 34.1 Å². The molecule has 6 rings (SSSR count). The van der Waals surface area contributed by atoms with E-state index in [9.17, 15) is 4.79 Å². The highest BCUT2D eigenvalue weighted by Crippen LogP contribution is 2.37. The van der Waals surface area contributed by atoms with Crippen LogP contribution in [-0.4, -0.2) is 33.5 Å². The summed E-state index contributed by atoms with van der Waals surface area (Å²) in [6, 6.07) is 16.0. The molecule has 7 nitrogen and oxygen atoms in total. The third kappa shape index (κ3) is 4.80. The summed E-state index contributed by atoms with van der Waals surface area (Å²) in [6.45, 7) is 6.69. The lowest BCUT2D eigenvalue weighted by atomic mass is 9.99. The maximum Gasteiger partial charge on any atom is 0.256 e. The molecule has 1 atom stereocenters. The fraction of sp³-hybridized carbons (Fsp3) is 0.212. The largest absolute Gasteiger partial charge is 0.490 e. The summed E-state index contributed by atoms with van der Waals surface area (Å²) in [5.41, 5.74) is 17.5. The van der Waals surface area contributed by atoms with E-state index in [0.717, 1.165) is 45.7 Å². The van der Waals surface area contributed by atoms with Crippen molar-refractivity contribution in [1.82, 2.24) is 15.0 Å². The Balaban J connectivity index is 1.20. The summed E-state index contributed by atoms with van der Waals surface area (Å²) in [5, 5.41) is 4.18. The van der Waals surface area contributed by atoms with Gasteiger partial charge in [-0.25, -0.2) is 0 Å². The molecule has 2 aromatic carbocycles. The molecule has 0 bridgehead atoms. The predicted molar refractivity (Wildman–Crippen MR) is 161 cm³/mol. The van der Waals surface area contributed by atoms with Crippen LogP contribution in [0.15, 0.2) is 67.1 Å². The van der Waals surface area contributed by atoms with Gasteiger partial charge in [0.15, 0.2) is 0 Å². The van der Waals surface area contributed by atoms with Crippen LogP contribution in [0.3, 0.4) is 0 Å². The van der Waals surface area contributed by atoms with E-state index in [1.165, 1.54) is 22.1 Å². The first kappa shape index (κ1) is 25.6. The van der Waals surface area contributed by atoms with Crippen molar-refractivity contribution in [2.75, 3.05) is 11.9 Å². The lowest BCUT2D eigenvalue weighted by molar-refractivity contribution is -0.110. The van der Waals surface area contributed by atoms with E-state index in [4.69, 9.17) is 10.5 Å². The summed E-state index contributed by atoms with van der Waals surface area (Å²) in [5.74, 6) is 0.554. The van der Waals surface area contributed by atoms with Gasteiger partial charge in [-0.2, -0.15) is 0 Å². The number of aromatic amines is 2. The van der Waals surface area contributed by atoms with Crippen molar-refractivity contribution < 1.29 is 9.53 Å². The Morgan fingerprint density at radius 2 is 1.93 bits per heavy atom. The van der Waals surface area contributed by atoms with Gasteiger partial charge >= 0.3 is 0 Å². The number of fused-ring (bicyclic) bond motifs is 2. The minimum Gasteiger partial charge on any atom is -0.490 e. The Labute approximate surface area is 233 Å². The van der Waals surface area contributed by atoms with E-state index in [1.54, 1.807) is 12.4 Å². The minimum absolute atomic E-state index is 0.101. The second-order valence-corrected chi connectivity index (χ2v) is 10.4. The van der Waals surface area contributed by atoms with Crippen molar-refractivity contribution in [2.24, 2.45) is 5.73 Å². The number of amides is 1. The standard InChI is InChI=1S/C33H33N5O2/c1-4-26-19(2)32(37-20(26)3)14-29-28-13-21(9-10-31(28)38-33(29)39)22-12-25(17-35-15-22)40-18-24(34)11-23-16-36-30-8-6-5-7-27(23)30/h5-10,12-17,24,36-37H,4,11,18,34H2,1-3H3,(H,38,39)/b29-14-/t24-/m0/s1. The van der Waals surface area contributed by atoms with Gasteiger partial charge in [0.2, 0.25) is 0 Å². The molecule has 40 heavy (non-hydrogen) atoms. The van der Waals surface area contributed by atoms with Crippen LogP contribution in [0.1, 0.15) is 40.6 Å². The average Bonchev–Trinajstić information content (AvgIpc) is 3.60. The number of nitrogens with one attached hydrogen (secondary N) is 3. The molecular weight excluding hydrogens is 498 g/mol. The number of pyridine rings is 1. The van der Waals surface area contributed by atoms with E-state index in [0.29, 0.717) is 24.4 Å². The quantitative estimate of drug-likeness (QED) is 0.179. The molecule has 1 aliphatic rings. The molecular formula is C33H33N5O2. The molecule has 0 radical (unpaired) electrons. The van der Waals surface area contributed by atoms with Crippen molar-refractivity contribution in [1.29, 1.82) is 0 Å². The molecule has 0 unspecified atom stereocenters. The molecule has 0 spiro atoms. The normalized spacial score (nSPS) is 14.5. The van der Waals surface area contributed by atoms with Crippen LogP contribution in [0, 0.1) is 13.8 Å². The topological polar surface area (TPSA) is 109 Å². The van der Waals surface area contributed by atoms with E-state index in [-0.39, 0.29) is 11.9 Å². The summed E-state index contributed by atoms with van der Waals surface area (Å²) < 4.78 is 6.06. The first-order valence-corrected chi connectivity index (χ1v) is 13.7. The number of hydrogen-bond donors (Lipinski definition) is 4. The zero-order valence-electron chi connectivity index (χ0n) is 23.0. The SMILES string of the molecule is CCc1c(C)[nH]c(/C=C2\C(=O)Nc3ccc(-c4cncc(OC[C@@H](N)Cc5c[nH]c6ccccc56)c4)cc32)c1C. The van der Waals surface area contributed by atoms with Gasteiger partial charge in [0.1, 0.15) is 12.4 Å². The molecule has 5 aromatic rings. The summed E-state index contributed by atoms with van der Waals surface area (Å²) in [7, 11) is 0. The van der Waals surface area contributed by atoms with E-state index >= 15 is 0 Å². The summed E-state index contributed by atoms with van der Waals surface area (Å²) >= 11 is 0. The van der Waals surface area contributed by atoms with Crippen molar-refractivity contribution in [2.45, 2.75) is 39.7 Å². The summed E-state index contributed by atoms with van der Waals surface area (Å²) in [6.07, 6.45) is 9.14. The number of carbonyl (C=O) groups is 1. The number of aryl methyl sites for hydroxylation is 1. The van der Waals surface area contributed by atoms with Gasteiger partial charge in [0.25, 0.3) is 5.91 Å². The van der Waals surface area contributed by atoms with Gasteiger partial charge in [0.05, 0.1) is 11.8 Å². The van der Waals surface area contributed by atoms with E-state index < -0.39 is 0 Å². The van der Waals surface area contributed by atoms with Crippen LogP contribution >= 0.6 is 0 Å². The molecule has 0 fully saturated rings. The van der Waals surface area contributed by atoms with Gasteiger partial charge in [-0.3, -0.25) is 9.78 Å². The van der Waals surface area contributed by atoms with Gasteiger partial charge in [-0.05, 0) is 79.3 Å². The van der Waals surface area contributed by atoms with Crippen LogP contribution in [-0.2, 0) is 17.6 Å². The number of hydrogen-bond acceptors (Lipinski definition) is 4. The molecule has 1 aliphatic heterocycles. The third-order valence-corrected chi connectivity index (χ3v) is 7.74. The molecule has 7 heteroatoms. The molecule has 5 N–H and O–H groups in total. The first-order valence-electron chi connectivity index (χ1n) is 13.7. The number of anilines is 1. The number of ether oxygens (including phenoxy) is 1. The number of aromatic nitrogens is 3. The molecule has 202 valence electrons. The van der Waals surface area contributed by atoms with Gasteiger partial charge in [-0.15, -0.1) is 0 Å². The van der Waals surface area contributed by atoms with Crippen LogP contribution in [0.4, 0.5) is 5.69 Å². The molecule has 0 aliphatic carbocycles. The Hall–Kier alpha value is -4.62. The maximum atomic E-state index is 12.9. The van der Waals surface area contributed by atoms with E-state index in [1.807, 2.05) is 48.7 Å². The van der Waals surface area contributed by atoms with Crippen molar-refractivity contribution in [3.8, 4) is 16.9 Å². The Morgan fingerprint density at radius 3 is 2.75 bits per heavy atom. The zero-order chi connectivity index (χ0) is 27.8. The Kier molecular flexibility index (Phi) is 6.74. The fourth-order valence-electron chi connectivity index (χ4n) is 5.65. The van der Waals surface area contributed by atoms with Crippen molar-refractivity contribution in [3.63, 3.8) is 0 Å². The van der Waals surface area contributed by atoms with Crippen LogP contribution in [0.5, 0.6) is 5.75 Å². The van der Waals surface area contributed by atoms with E-state index in [2.05, 4.69) is 53.2 Å². The first-order chi connectivity index (χ1) is 19.4. The fourth-order valence-corrected chi connectivity index (χ4v) is 5.65. The number of nitrogens with zero attached hydrogens (tertiary/aromatic N) is 1. The average molecular weight is 532 g/mol. The maximum absolute atomic E-state index is 12.9. The number of benzene rings is 2. The molecule has 3 aromatic heterocycles. The molecule has 4 heterocycles. The Morgan fingerprint density at radius 1 is 1.07 bits per heavy atom. The highest BCUT2D eigenvalue weighted by Gasteiger charge is 2.25. The second kappa shape index (κ2) is 10.5. The Bertz CT molecular complexity index is 1760. The molecule has 0 saturated heterocycles.